The van der Waals surface area contributed by atoms with Gasteiger partial charge in [0.1, 0.15) is 12.3 Å². The zero-order chi connectivity index (χ0) is 25.5. The van der Waals surface area contributed by atoms with E-state index in [4.69, 9.17) is 14.2 Å². The number of aromatic amines is 1. The molecule has 188 valence electrons. The molecule has 0 radical (unpaired) electrons. The fraction of sp³-hybridized carbons (Fsp3) is 0.440. The number of fused-ring (bicyclic) bond motifs is 2. The fourth-order valence-electron chi connectivity index (χ4n) is 4.03. The van der Waals surface area contributed by atoms with E-state index in [1.807, 2.05) is 32.9 Å². The number of halogens is 2. The van der Waals surface area contributed by atoms with Crippen molar-refractivity contribution >= 4 is 25.1 Å². The number of hydrogen-bond acceptors (Lipinski definition) is 5. The molecule has 0 fully saturated rings. The summed E-state index contributed by atoms with van der Waals surface area (Å²) < 4.78 is 43.8. The van der Waals surface area contributed by atoms with Gasteiger partial charge in [-0.15, -0.1) is 0 Å². The van der Waals surface area contributed by atoms with Crippen LogP contribution in [0.2, 0.25) is 25.7 Å². The Kier molecular flexibility index (Phi) is 6.63. The van der Waals surface area contributed by atoms with Crippen molar-refractivity contribution in [1.82, 2.24) is 14.8 Å². The Balaban J connectivity index is 1.74. The number of H-pyrrole nitrogens is 1. The summed E-state index contributed by atoms with van der Waals surface area (Å²) in [5.41, 5.74) is 2.36. The molecule has 4 rings (SSSR count). The Bertz CT molecular complexity index is 1340. The summed E-state index contributed by atoms with van der Waals surface area (Å²) in [6.45, 7) is 10.0. The van der Waals surface area contributed by atoms with Crippen LogP contribution in [0.4, 0.5) is 8.78 Å². The van der Waals surface area contributed by atoms with Gasteiger partial charge in [0.15, 0.2) is 11.5 Å². The van der Waals surface area contributed by atoms with Crippen LogP contribution in [0, 0.1) is 6.92 Å². The van der Waals surface area contributed by atoms with Crippen LogP contribution in [0.15, 0.2) is 29.2 Å². The second-order valence-corrected chi connectivity index (χ2v) is 16.1. The van der Waals surface area contributed by atoms with Gasteiger partial charge in [-0.1, -0.05) is 25.7 Å². The normalized spacial score (nSPS) is 14.9. The maximum Gasteiger partial charge on any atom is 0.387 e. The summed E-state index contributed by atoms with van der Waals surface area (Å²) >= 11 is 0. The van der Waals surface area contributed by atoms with Crippen molar-refractivity contribution in [3.05, 3.63) is 45.9 Å². The molecule has 10 heteroatoms. The van der Waals surface area contributed by atoms with Gasteiger partial charge in [0, 0.05) is 25.8 Å². The summed E-state index contributed by atoms with van der Waals surface area (Å²) in [4.78, 5) is 16.5. The summed E-state index contributed by atoms with van der Waals surface area (Å²) in [6, 6.07) is 4.15. The van der Waals surface area contributed by atoms with Gasteiger partial charge in [-0.3, -0.25) is 4.79 Å². The molecular formula is C25H31F2N3O4Si. The molecule has 0 bridgehead atoms. The Hall–Kier alpha value is -2.98. The highest BCUT2D eigenvalue weighted by Crippen LogP contribution is 2.45. The maximum absolute atomic E-state index is 13.2. The molecule has 0 amide bonds. The molecule has 0 unspecified atom stereocenters. The molecule has 2 aromatic heterocycles. The van der Waals surface area contributed by atoms with Gasteiger partial charge in [-0.05, 0) is 50.6 Å². The van der Waals surface area contributed by atoms with E-state index >= 15 is 0 Å². The predicted octanol–water partition coefficient (Wildman–Crippen LogP) is 5.80. The average Bonchev–Trinajstić information content (AvgIpc) is 3.08. The molecule has 1 aliphatic rings. The largest absolute Gasteiger partial charge is 0.479 e. The van der Waals surface area contributed by atoms with Gasteiger partial charge in [-0.25, -0.2) is 4.68 Å². The molecular weight excluding hydrogens is 472 g/mol. The molecule has 1 N–H and O–H groups in total. The second kappa shape index (κ2) is 9.23. The number of nitrogens with one attached hydrogen (secondary N) is 1. The highest BCUT2D eigenvalue weighted by Gasteiger charge is 2.29. The topological polar surface area (TPSA) is 78.4 Å². The number of benzene rings is 1. The van der Waals surface area contributed by atoms with Crippen LogP contribution in [0.25, 0.3) is 28.2 Å². The smallest absolute Gasteiger partial charge is 0.387 e. The zero-order valence-electron chi connectivity index (χ0n) is 20.9. The van der Waals surface area contributed by atoms with Crippen LogP contribution in [-0.4, -0.2) is 41.7 Å². The SMILES string of the molecule is Cc1c(-c2ccc(OC(F)F)c3c2C=CC(C)(C)O3)[nH]c2cnn(COCC[Si](C)(C)C)c(=O)c12. The van der Waals surface area contributed by atoms with E-state index in [0.717, 1.165) is 11.6 Å². The first-order valence-corrected chi connectivity index (χ1v) is 15.2. The lowest BCUT2D eigenvalue weighted by molar-refractivity contribution is -0.0526. The summed E-state index contributed by atoms with van der Waals surface area (Å²) in [5.74, 6) is 0.198. The highest BCUT2D eigenvalue weighted by molar-refractivity contribution is 6.76. The number of aromatic nitrogens is 3. The van der Waals surface area contributed by atoms with Gasteiger partial charge in [0.25, 0.3) is 5.56 Å². The van der Waals surface area contributed by atoms with Crippen LogP contribution < -0.4 is 15.0 Å². The van der Waals surface area contributed by atoms with Gasteiger partial charge in [0.05, 0.1) is 22.8 Å². The molecule has 0 spiro atoms. The first-order chi connectivity index (χ1) is 16.4. The Morgan fingerprint density at radius 3 is 2.69 bits per heavy atom. The Morgan fingerprint density at radius 1 is 1.26 bits per heavy atom. The van der Waals surface area contributed by atoms with Crippen molar-refractivity contribution in [2.75, 3.05) is 6.61 Å². The molecule has 3 heterocycles. The maximum atomic E-state index is 13.2. The Labute approximate surface area is 203 Å². The van der Waals surface area contributed by atoms with Gasteiger partial charge in [0.2, 0.25) is 0 Å². The van der Waals surface area contributed by atoms with Gasteiger partial charge < -0.3 is 19.2 Å². The van der Waals surface area contributed by atoms with Crippen molar-refractivity contribution in [2.24, 2.45) is 0 Å². The van der Waals surface area contributed by atoms with Crippen molar-refractivity contribution < 1.29 is 23.0 Å². The number of hydrogen-bond donors (Lipinski definition) is 1. The molecule has 0 aliphatic carbocycles. The van der Waals surface area contributed by atoms with Crippen LogP contribution in [0.5, 0.6) is 11.5 Å². The second-order valence-electron chi connectivity index (χ2n) is 10.5. The number of alkyl halides is 2. The van der Waals surface area contributed by atoms with Crippen LogP contribution in [0.3, 0.4) is 0 Å². The fourth-order valence-corrected chi connectivity index (χ4v) is 4.78. The minimum Gasteiger partial charge on any atom is -0.479 e. The number of nitrogens with zero attached hydrogens (tertiary/aromatic N) is 2. The molecule has 1 aliphatic heterocycles. The highest BCUT2D eigenvalue weighted by atomic mass is 28.3. The third-order valence-electron chi connectivity index (χ3n) is 5.93. The predicted molar refractivity (Wildman–Crippen MR) is 135 cm³/mol. The molecule has 0 atom stereocenters. The van der Waals surface area contributed by atoms with Gasteiger partial charge >= 0.3 is 6.61 Å². The molecule has 0 saturated heterocycles. The number of rotatable bonds is 8. The third-order valence-corrected chi connectivity index (χ3v) is 7.63. The third kappa shape index (κ3) is 5.33. The average molecular weight is 504 g/mol. The summed E-state index contributed by atoms with van der Waals surface area (Å²) in [7, 11) is -1.23. The molecule has 1 aromatic carbocycles. The lowest BCUT2D eigenvalue weighted by atomic mass is 9.95. The van der Waals surface area contributed by atoms with E-state index in [1.54, 1.807) is 12.3 Å². The van der Waals surface area contributed by atoms with Crippen molar-refractivity contribution in [2.45, 2.75) is 65.4 Å². The quantitative estimate of drug-likeness (QED) is 0.311. The van der Waals surface area contributed by atoms with E-state index in [9.17, 15) is 13.6 Å². The van der Waals surface area contributed by atoms with E-state index in [-0.39, 0.29) is 23.8 Å². The van der Waals surface area contributed by atoms with Gasteiger partial charge in [-0.2, -0.15) is 13.9 Å². The van der Waals surface area contributed by atoms with Crippen LogP contribution in [0.1, 0.15) is 25.0 Å². The molecule has 0 saturated carbocycles. The first-order valence-electron chi connectivity index (χ1n) is 11.5. The minimum atomic E-state index is -2.98. The number of aryl methyl sites for hydroxylation is 1. The molecule has 35 heavy (non-hydrogen) atoms. The van der Waals surface area contributed by atoms with E-state index < -0.39 is 20.3 Å². The summed E-state index contributed by atoms with van der Waals surface area (Å²) in [5, 5.41) is 4.77. The molecule has 7 nitrogen and oxygen atoms in total. The van der Waals surface area contributed by atoms with E-state index in [0.29, 0.717) is 34.3 Å². The molecule has 3 aromatic rings. The van der Waals surface area contributed by atoms with Crippen molar-refractivity contribution in [1.29, 1.82) is 0 Å². The van der Waals surface area contributed by atoms with E-state index in [1.165, 1.54) is 10.7 Å². The lowest BCUT2D eigenvalue weighted by Crippen LogP contribution is -2.28. The van der Waals surface area contributed by atoms with Crippen LogP contribution in [-0.2, 0) is 11.5 Å². The number of ether oxygens (including phenoxy) is 3. The van der Waals surface area contributed by atoms with E-state index in [2.05, 4.69) is 29.7 Å². The zero-order valence-corrected chi connectivity index (χ0v) is 21.9. The lowest BCUT2D eigenvalue weighted by Gasteiger charge is -2.30. The van der Waals surface area contributed by atoms with Crippen molar-refractivity contribution in [3.8, 4) is 22.8 Å². The first kappa shape index (κ1) is 25.1. The minimum absolute atomic E-state index is 0.0376. The standard InChI is InChI=1S/C25H31F2N3O4Si/c1-15-20-18(13-28-30(23(20)31)14-32-11-12-35(4,5)6)29-21(15)16-7-8-19(33-24(26)27)22-17(16)9-10-25(2,3)34-22/h7-10,13,24,29H,11-12,14H2,1-6H3. The summed E-state index contributed by atoms with van der Waals surface area (Å²) in [6.07, 6.45) is 5.29. The monoisotopic (exact) mass is 503 g/mol. The van der Waals surface area contributed by atoms with Crippen LogP contribution >= 0.6 is 0 Å². The van der Waals surface area contributed by atoms with Crippen molar-refractivity contribution in [3.63, 3.8) is 0 Å². The Morgan fingerprint density at radius 2 is 2.00 bits per heavy atom.